The summed E-state index contributed by atoms with van der Waals surface area (Å²) in [5.74, 6) is 0.451. The Kier molecular flexibility index (Phi) is 5.80. The van der Waals surface area contributed by atoms with Crippen molar-refractivity contribution >= 4 is 17.4 Å². The van der Waals surface area contributed by atoms with Gasteiger partial charge in [0.05, 0.1) is 16.8 Å². The number of aromatic nitrogens is 1. The molecule has 0 radical (unpaired) electrons. The van der Waals surface area contributed by atoms with Gasteiger partial charge >= 0.3 is 6.18 Å². The SMILES string of the molecule is N#Cc1ccccc1NC(=O)C[NH+]1CCN(c2ccc(C(F)(F)F)c[nH+]2)CC1. The summed E-state index contributed by atoms with van der Waals surface area (Å²) < 4.78 is 37.9. The molecule has 0 saturated carbocycles. The quantitative estimate of drug-likeness (QED) is 0.807. The first kappa shape index (κ1) is 19.6. The Morgan fingerprint density at radius 1 is 1.21 bits per heavy atom. The second kappa shape index (κ2) is 8.27. The second-order valence-electron chi connectivity index (χ2n) is 6.58. The Morgan fingerprint density at radius 3 is 2.54 bits per heavy atom. The van der Waals surface area contributed by atoms with E-state index in [2.05, 4.69) is 10.3 Å². The van der Waals surface area contributed by atoms with Gasteiger partial charge < -0.3 is 10.2 Å². The van der Waals surface area contributed by atoms with Crippen LogP contribution in [-0.2, 0) is 11.0 Å². The number of anilines is 2. The second-order valence-corrected chi connectivity index (χ2v) is 6.58. The Balaban J connectivity index is 1.51. The van der Waals surface area contributed by atoms with Gasteiger partial charge in [0.1, 0.15) is 38.4 Å². The molecule has 3 N–H and O–H groups in total. The zero-order valence-corrected chi connectivity index (χ0v) is 15.0. The van der Waals surface area contributed by atoms with E-state index in [0.29, 0.717) is 43.2 Å². The van der Waals surface area contributed by atoms with Crippen LogP contribution in [-0.4, -0.2) is 38.6 Å². The Hall–Kier alpha value is -3.12. The van der Waals surface area contributed by atoms with Crippen LogP contribution in [0.15, 0.2) is 42.6 Å². The number of quaternary nitrogens is 1. The van der Waals surface area contributed by atoms with Crippen molar-refractivity contribution in [3.63, 3.8) is 0 Å². The first-order chi connectivity index (χ1) is 13.4. The number of para-hydroxylation sites is 1. The molecule has 146 valence electrons. The maximum Gasteiger partial charge on any atom is 0.419 e. The highest BCUT2D eigenvalue weighted by molar-refractivity contribution is 5.92. The van der Waals surface area contributed by atoms with Crippen molar-refractivity contribution in [1.82, 2.24) is 0 Å². The molecule has 0 spiro atoms. The number of amides is 1. The van der Waals surface area contributed by atoms with Crippen molar-refractivity contribution < 1.29 is 27.8 Å². The third-order valence-corrected chi connectivity index (χ3v) is 4.67. The van der Waals surface area contributed by atoms with Gasteiger partial charge in [-0.3, -0.25) is 9.69 Å². The number of benzene rings is 1. The van der Waals surface area contributed by atoms with Gasteiger partial charge in [0.15, 0.2) is 6.54 Å². The summed E-state index contributed by atoms with van der Waals surface area (Å²) in [6.07, 6.45) is -3.40. The number of carbonyl (C=O) groups excluding carboxylic acids is 1. The van der Waals surface area contributed by atoms with Crippen LogP contribution in [0.2, 0.25) is 0 Å². The van der Waals surface area contributed by atoms with Crippen molar-refractivity contribution in [3.8, 4) is 6.07 Å². The smallest absolute Gasteiger partial charge is 0.321 e. The zero-order valence-electron chi connectivity index (χ0n) is 15.0. The number of nitriles is 1. The minimum atomic E-state index is -4.37. The first-order valence-corrected chi connectivity index (χ1v) is 8.83. The van der Waals surface area contributed by atoms with E-state index in [1.54, 1.807) is 24.3 Å². The van der Waals surface area contributed by atoms with Gasteiger partial charge in [-0.15, -0.1) is 0 Å². The molecule has 0 bridgehead atoms. The van der Waals surface area contributed by atoms with Crippen LogP contribution in [0.4, 0.5) is 24.7 Å². The van der Waals surface area contributed by atoms with Crippen molar-refractivity contribution in [2.75, 3.05) is 42.9 Å². The number of aromatic amines is 1. The van der Waals surface area contributed by atoms with Gasteiger partial charge in [-0.1, -0.05) is 12.1 Å². The summed E-state index contributed by atoms with van der Waals surface area (Å²) in [5, 5.41) is 11.8. The highest BCUT2D eigenvalue weighted by Crippen LogP contribution is 2.28. The molecule has 1 aromatic heterocycles. The van der Waals surface area contributed by atoms with Crippen LogP contribution in [0.25, 0.3) is 0 Å². The van der Waals surface area contributed by atoms with E-state index < -0.39 is 11.7 Å². The van der Waals surface area contributed by atoms with Crippen LogP contribution in [0.3, 0.4) is 0 Å². The van der Waals surface area contributed by atoms with Gasteiger partial charge in [0.2, 0.25) is 0 Å². The highest BCUT2D eigenvalue weighted by Gasteiger charge is 2.33. The van der Waals surface area contributed by atoms with E-state index in [4.69, 9.17) is 5.26 Å². The van der Waals surface area contributed by atoms with E-state index in [1.807, 2.05) is 11.0 Å². The monoisotopic (exact) mass is 391 g/mol. The van der Waals surface area contributed by atoms with Crippen molar-refractivity contribution in [1.29, 1.82) is 5.26 Å². The summed E-state index contributed by atoms with van der Waals surface area (Å²) in [5.41, 5.74) is 0.190. The number of hydrogen-bond donors (Lipinski definition) is 2. The van der Waals surface area contributed by atoms with Gasteiger partial charge in [-0.25, -0.2) is 4.98 Å². The molecule has 2 aromatic rings. The summed E-state index contributed by atoms with van der Waals surface area (Å²) in [6, 6.07) is 11.3. The molecule has 0 aliphatic carbocycles. The number of pyridine rings is 1. The number of hydrogen-bond acceptors (Lipinski definition) is 3. The number of halogens is 3. The molecule has 9 heteroatoms. The van der Waals surface area contributed by atoms with E-state index in [0.717, 1.165) is 17.2 Å². The molecule has 1 fully saturated rings. The van der Waals surface area contributed by atoms with Crippen LogP contribution >= 0.6 is 0 Å². The lowest BCUT2D eigenvalue weighted by Crippen LogP contribution is -3.15. The van der Waals surface area contributed by atoms with E-state index in [1.165, 1.54) is 6.07 Å². The molecule has 6 nitrogen and oxygen atoms in total. The maximum atomic E-state index is 12.6. The molecule has 1 amide bonds. The molecule has 1 aliphatic rings. The molecule has 2 heterocycles. The fraction of sp³-hybridized carbons (Fsp3) is 0.316. The van der Waals surface area contributed by atoms with E-state index >= 15 is 0 Å². The fourth-order valence-corrected chi connectivity index (χ4v) is 3.14. The number of nitrogens with zero attached hydrogens (tertiary/aromatic N) is 2. The predicted molar refractivity (Wildman–Crippen MR) is 95.6 cm³/mol. The van der Waals surface area contributed by atoms with Crippen LogP contribution in [0, 0.1) is 11.3 Å². The number of alkyl halides is 3. The van der Waals surface area contributed by atoms with Gasteiger partial charge in [0, 0.05) is 6.07 Å². The molecular weight excluding hydrogens is 371 g/mol. The lowest BCUT2D eigenvalue weighted by molar-refractivity contribution is -0.892. The minimum absolute atomic E-state index is 0.174. The van der Waals surface area contributed by atoms with Crippen molar-refractivity contribution in [3.05, 3.63) is 53.7 Å². The molecule has 1 aliphatic heterocycles. The lowest BCUT2D eigenvalue weighted by Gasteiger charge is -2.28. The number of piperazine rings is 1. The predicted octanol–water partition coefficient (Wildman–Crippen LogP) is 0.735. The van der Waals surface area contributed by atoms with Gasteiger partial charge in [-0.05, 0) is 18.2 Å². The third kappa shape index (κ3) is 4.78. The van der Waals surface area contributed by atoms with Crippen molar-refractivity contribution in [2.24, 2.45) is 0 Å². The minimum Gasteiger partial charge on any atom is -0.321 e. The molecule has 1 aromatic carbocycles. The maximum absolute atomic E-state index is 12.6. The topological polar surface area (TPSA) is 74.7 Å². The van der Waals surface area contributed by atoms with Crippen molar-refractivity contribution in [2.45, 2.75) is 6.18 Å². The summed E-state index contributed by atoms with van der Waals surface area (Å²) in [7, 11) is 0. The molecule has 1 saturated heterocycles. The van der Waals surface area contributed by atoms with Gasteiger partial charge in [0.25, 0.3) is 11.7 Å². The Bertz CT molecular complexity index is 868. The summed E-state index contributed by atoms with van der Waals surface area (Å²) in [4.78, 5) is 18.0. The van der Waals surface area contributed by atoms with E-state index in [-0.39, 0.29) is 12.5 Å². The van der Waals surface area contributed by atoms with Gasteiger partial charge in [-0.2, -0.15) is 18.4 Å². The number of H-pyrrole nitrogens is 1. The Labute approximate surface area is 160 Å². The molecule has 3 rings (SSSR count). The number of nitrogens with one attached hydrogen (secondary N) is 3. The fourth-order valence-electron chi connectivity index (χ4n) is 3.14. The van der Waals surface area contributed by atoms with E-state index in [9.17, 15) is 18.0 Å². The van der Waals surface area contributed by atoms with Crippen LogP contribution in [0.5, 0.6) is 0 Å². The standard InChI is InChI=1S/C19H18F3N5O/c20-19(21,22)15-5-6-17(24-12-15)27-9-7-26(8-10-27)13-18(28)25-16-4-2-1-3-14(16)11-23/h1-6,12H,7-10,13H2,(H,25,28)/p+2. The van der Waals surface area contributed by atoms with Crippen LogP contribution < -0.4 is 20.1 Å². The first-order valence-electron chi connectivity index (χ1n) is 8.83. The highest BCUT2D eigenvalue weighted by atomic mass is 19.4. The average Bonchev–Trinajstić information content (AvgIpc) is 2.68. The molecular formula is C19H20F3N5O+2. The molecule has 28 heavy (non-hydrogen) atoms. The number of rotatable bonds is 4. The third-order valence-electron chi connectivity index (χ3n) is 4.67. The lowest BCUT2D eigenvalue weighted by atomic mass is 10.2. The summed E-state index contributed by atoms with van der Waals surface area (Å²) >= 11 is 0. The Morgan fingerprint density at radius 2 is 1.93 bits per heavy atom. The summed E-state index contributed by atoms with van der Waals surface area (Å²) in [6.45, 7) is 2.88. The zero-order chi connectivity index (χ0) is 20.1. The number of carbonyl (C=O) groups is 1. The average molecular weight is 391 g/mol. The largest absolute Gasteiger partial charge is 0.419 e. The normalized spacial score (nSPS) is 15.1. The van der Waals surface area contributed by atoms with Crippen LogP contribution in [0.1, 0.15) is 11.1 Å². The molecule has 0 atom stereocenters. The molecule has 0 unspecified atom stereocenters.